The van der Waals surface area contributed by atoms with Crippen LogP contribution in [0.2, 0.25) is 0 Å². The first-order chi connectivity index (χ1) is 45.9. The Hall–Kier alpha value is -11.4. The largest absolute Gasteiger partial charge is 0.489 e. The molecule has 6 heterocycles. The summed E-state index contributed by atoms with van der Waals surface area (Å²) in [6.45, 7) is 8.09. The van der Waals surface area contributed by atoms with Gasteiger partial charge in [0.05, 0.1) is 43.2 Å². The zero-order valence-electron chi connectivity index (χ0n) is 52.2. The number of aliphatic hydroxyl groups is 2. The number of nitrogens with zero attached hydrogens (tertiary/aromatic N) is 7. The fraction of sp³-hybridized carbons (Fsp3) is 0.250. The molecular weight excluding hydrogens is 1220 g/mol. The lowest BCUT2D eigenvalue weighted by molar-refractivity contribution is -0.162. The van der Waals surface area contributed by atoms with Crippen molar-refractivity contribution < 1.29 is 66.6 Å². The Morgan fingerprint density at radius 2 is 1.06 bits per heavy atom. The Morgan fingerprint density at radius 1 is 0.600 bits per heavy atom. The van der Waals surface area contributed by atoms with Crippen LogP contribution in [0, 0.1) is 25.7 Å². The van der Waals surface area contributed by atoms with Crippen LogP contribution in [0.5, 0.6) is 23.0 Å². The van der Waals surface area contributed by atoms with Crippen molar-refractivity contribution in [2.45, 2.75) is 84.6 Å². The number of hydrogen-bond donors (Lipinski definition) is 2. The van der Waals surface area contributed by atoms with Gasteiger partial charge in [0, 0.05) is 34.9 Å². The maximum absolute atomic E-state index is 13.3. The summed E-state index contributed by atoms with van der Waals surface area (Å²) in [5, 5.41) is 23.7. The first-order valence-corrected chi connectivity index (χ1v) is 30.5. The average Bonchev–Trinajstić information content (AvgIpc) is 1.59. The second-order valence-corrected chi connectivity index (χ2v) is 23.3. The van der Waals surface area contributed by atoms with Crippen molar-refractivity contribution in [1.82, 2.24) is 19.8 Å². The van der Waals surface area contributed by atoms with Gasteiger partial charge in [0.1, 0.15) is 89.8 Å². The van der Waals surface area contributed by atoms with Crippen LogP contribution in [0.15, 0.2) is 204 Å². The Bertz CT molecular complexity index is 4730. The number of aliphatic hydroxyl groups excluding tert-OH is 2. The standard InChI is InChI=1S/C39H33N5O8.C33H30N2O8/c1-22-16-25(21-50-29-11-13-31-35(19-29)52-34-18-28(46)10-12-30(34)41-31)7-14-33(22)49-15-3-4-26-17-32-36(23(2)45)38(47)44(32)37(26)39(48)51-20-24-5-8-27(9-6-24)42-43-40;1-18-13-20(17-42-23-8-10-25-29(16-23)43-28-15-22(37)7-9-24(28)34-25)6-11-27(18)41-12-4-5-21-14-26-30(19(2)36)32(38)35(26)31(21)33(39)40-3/h3-14,16,18-19,23,32,36,45H,15,17,20-21H2,1-2H3;4-11,13,15-16,19,26,30,36H,12,14,17H2,1-3H3/b4-3+;5-4+/t23-,32-,36-;19-,26-,30-/m11/s1. The van der Waals surface area contributed by atoms with Crippen LogP contribution in [0.25, 0.3) is 55.6 Å². The lowest BCUT2D eigenvalue weighted by atomic mass is 9.83. The lowest BCUT2D eigenvalue weighted by Crippen LogP contribution is -2.61. The van der Waals surface area contributed by atoms with Gasteiger partial charge in [-0.05, 0) is 170 Å². The Labute approximate surface area is 542 Å². The predicted molar refractivity (Wildman–Crippen MR) is 346 cm³/mol. The number of esters is 2. The number of amides is 2. The molecule has 0 spiro atoms. The van der Waals surface area contributed by atoms with E-state index in [1.807, 2.05) is 74.5 Å². The molecule has 5 aromatic rings. The zero-order chi connectivity index (χ0) is 66.6. The number of fused-ring (bicyclic) bond motifs is 6. The molecule has 2 aliphatic carbocycles. The minimum absolute atomic E-state index is 0.0387. The number of benzene rings is 7. The van der Waals surface area contributed by atoms with Gasteiger partial charge < -0.3 is 57.3 Å². The number of allylic oxidation sites excluding steroid dienone is 2. The van der Waals surface area contributed by atoms with Crippen molar-refractivity contribution in [3.8, 4) is 45.9 Å². The fourth-order valence-corrected chi connectivity index (χ4v) is 12.2. The van der Waals surface area contributed by atoms with Crippen LogP contribution in [0.1, 0.15) is 54.5 Å². The van der Waals surface area contributed by atoms with Gasteiger partial charge in [0.25, 0.3) is 0 Å². The molecule has 0 aromatic heterocycles. The Kier molecular flexibility index (Phi) is 18.4. The topological polar surface area (TPSA) is 306 Å². The molecule has 2 N–H and O–H groups in total. The summed E-state index contributed by atoms with van der Waals surface area (Å²) in [7, 11) is 1.28. The second-order valence-electron chi connectivity index (χ2n) is 23.3. The molecule has 2 saturated heterocycles. The van der Waals surface area contributed by atoms with Gasteiger partial charge in [0.2, 0.25) is 11.8 Å². The van der Waals surface area contributed by atoms with Crippen LogP contribution >= 0.6 is 0 Å². The third kappa shape index (κ3) is 13.6. The highest BCUT2D eigenvalue weighted by molar-refractivity contribution is 6.02. The minimum atomic E-state index is -0.848. The molecule has 6 atom stereocenters. The highest BCUT2D eigenvalue weighted by Gasteiger charge is 2.57. The van der Waals surface area contributed by atoms with E-state index in [4.69, 9.17) is 42.8 Å². The average molecular weight is 1280 g/mol. The summed E-state index contributed by atoms with van der Waals surface area (Å²) in [5.74, 6) is 0.506. The minimum Gasteiger partial charge on any atom is -0.489 e. The lowest BCUT2D eigenvalue weighted by Gasteiger charge is -2.44. The number of carbonyl (C=O) groups excluding carboxylic acids is 4. The van der Waals surface area contributed by atoms with E-state index in [-0.39, 0.29) is 66.0 Å². The summed E-state index contributed by atoms with van der Waals surface area (Å²) >= 11 is 0. The van der Waals surface area contributed by atoms with E-state index >= 15 is 0 Å². The molecule has 23 heteroatoms. The molecule has 8 aliphatic rings. The van der Waals surface area contributed by atoms with Crippen molar-refractivity contribution in [3.63, 3.8) is 0 Å². The zero-order valence-corrected chi connectivity index (χ0v) is 52.2. The first-order valence-electron chi connectivity index (χ1n) is 30.5. The van der Waals surface area contributed by atoms with Crippen LogP contribution in [-0.4, -0.2) is 98.3 Å². The number of aryl methyl sites for hydroxylation is 2. The number of aromatic nitrogens is 2. The highest BCUT2D eigenvalue weighted by atomic mass is 16.5. The maximum atomic E-state index is 13.3. The van der Waals surface area contributed by atoms with Gasteiger partial charge in [0.15, 0.2) is 33.5 Å². The smallest absolute Gasteiger partial charge is 0.355 e. The number of ether oxygens (including phenoxy) is 6. The number of azide groups is 1. The summed E-state index contributed by atoms with van der Waals surface area (Å²) in [5.41, 5.74) is 18.4. The van der Waals surface area contributed by atoms with Crippen LogP contribution in [-0.2, 0) is 48.5 Å². The SMILES string of the molecule is COC(=O)C1=C(/C=C/COc2ccc(COc3ccc4nc5ccc(=O)cc-5oc4c3)cc2C)C[C@@H]2[C@@H]([C@@H](C)O)C(=O)N12.Cc1cc(COc2ccc3nc4ccc(=O)cc-4oc3c2)ccc1OC/C=C/C1=C(C(=O)OCc2ccc(N=[N+]=[N-])cc2)N2C(=O)[C@H]([C@@H](C)O)[C@H]2C1. The van der Waals surface area contributed by atoms with Gasteiger partial charge in [-0.25, -0.2) is 19.6 Å². The molecule has 0 bridgehead atoms. The van der Waals surface area contributed by atoms with E-state index in [9.17, 15) is 39.0 Å². The molecule has 2 fully saturated rings. The monoisotopic (exact) mass is 1280 g/mol. The molecule has 0 radical (unpaired) electrons. The van der Waals surface area contributed by atoms with E-state index < -0.39 is 36.0 Å². The summed E-state index contributed by atoms with van der Waals surface area (Å²) in [4.78, 5) is 89.3. The molecule has 0 unspecified atom stereocenters. The molecule has 13 rings (SSSR count). The van der Waals surface area contributed by atoms with E-state index in [1.165, 1.54) is 41.2 Å². The van der Waals surface area contributed by atoms with Gasteiger partial charge >= 0.3 is 11.9 Å². The number of β-lactam (4-membered cyclic amide) rings is 2. The van der Waals surface area contributed by atoms with E-state index in [0.717, 1.165) is 22.3 Å². The van der Waals surface area contributed by atoms with Gasteiger partial charge in [-0.2, -0.15) is 0 Å². The molecule has 6 aliphatic heterocycles. The van der Waals surface area contributed by atoms with Crippen molar-refractivity contribution in [1.29, 1.82) is 0 Å². The molecule has 482 valence electrons. The Balaban J connectivity index is 0.000000185. The van der Waals surface area contributed by atoms with Crippen molar-refractivity contribution in [2.75, 3.05) is 20.3 Å². The number of hydrogen-bond acceptors (Lipinski definition) is 19. The summed E-state index contributed by atoms with van der Waals surface area (Å²) in [6, 6.07) is 37.3. The third-order valence-corrected chi connectivity index (χ3v) is 16.8. The first kappa shape index (κ1) is 63.7. The second kappa shape index (κ2) is 27.4. The van der Waals surface area contributed by atoms with E-state index in [1.54, 1.807) is 86.7 Å². The van der Waals surface area contributed by atoms with Crippen molar-refractivity contribution >= 4 is 51.6 Å². The normalized spacial score (nSPS) is 17.9. The van der Waals surface area contributed by atoms with E-state index in [2.05, 4.69) is 20.0 Å². The molecule has 95 heavy (non-hydrogen) atoms. The maximum Gasteiger partial charge on any atom is 0.355 e. The number of methoxy groups -OCH3 is 1. The van der Waals surface area contributed by atoms with Gasteiger partial charge in [-0.3, -0.25) is 19.2 Å². The van der Waals surface area contributed by atoms with E-state index in [0.29, 0.717) is 117 Å². The predicted octanol–water partition coefficient (Wildman–Crippen LogP) is 10.8. The molecule has 2 amide bonds. The number of carbonyl (C=O) groups is 4. The van der Waals surface area contributed by atoms with Gasteiger partial charge in [-0.1, -0.05) is 53.7 Å². The molecule has 5 aromatic carbocycles. The van der Waals surface area contributed by atoms with Gasteiger partial charge in [-0.15, -0.1) is 0 Å². The quantitative estimate of drug-likeness (QED) is 0.0169. The molecular formula is C72H63N7O16. The van der Waals surface area contributed by atoms with Crippen molar-refractivity contribution in [2.24, 2.45) is 17.0 Å². The van der Waals surface area contributed by atoms with Crippen LogP contribution in [0.3, 0.4) is 0 Å². The van der Waals surface area contributed by atoms with Crippen LogP contribution in [0.4, 0.5) is 5.69 Å². The molecule has 0 saturated carbocycles. The van der Waals surface area contributed by atoms with Crippen LogP contribution < -0.4 is 29.8 Å². The van der Waals surface area contributed by atoms with Crippen molar-refractivity contribution in [3.05, 3.63) is 239 Å². The summed E-state index contributed by atoms with van der Waals surface area (Å²) < 4.78 is 46.2. The fourth-order valence-electron chi connectivity index (χ4n) is 12.2. The molecule has 23 nitrogen and oxygen atoms in total. The number of rotatable bonds is 21. The third-order valence-electron chi connectivity index (χ3n) is 16.8. The highest BCUT2D eigenvalue weighted by Crippen LogP contribution is 2.46. The summed E-state index contributed by atoms with van der Waals surface area (Å²) in [6.07, 6.45) is 6.35. The Morgan fingerprint density at radius 3 is 1.51 bits per heavy atom.